The summed E-state index contributed by atoms with van der Waals surface area (Å²) in [4.78, 5) is 37.4. The van der Waals surface area contributed by atoms with Crippen LogP contribution >= 0.6 is 0 Å². The van der Waals surface area contributed by atoms with Gasteiger partial charge in [-0.15, -0.1) is 0 Å². The van der Waals surface area contributed by atoms with Crippen LogP contribution in [0, 0.1) is 0 Å². The fraction of sp³-hybridized carbons (Fsp3) is 0.424. The van der Waals surface area contributed by atoms with E-state index in [9.17, 15) is 19.5 Å². The summed E-state index contributed by atoms with van der Waals surface area (Å²) < 4.78 is 6.64. The Kier molecular flexibility index (Phi) is 12.0. The molecule has 0 amide bonds. The Bertz CT molecular complexity index is 1270. The highest BCUT2D eigenvalue weighted by Crippen LogP contribution is 2.29. The molecule has 6 heteroatoms. The van der Waals surface area contributed by atoms with Gasteiger partial charge in [-0.25, -0.2) is 9.59 Å². The number of aromatic carboxylic acids is 1. The number of Topliss-reactive ketones (excluding diaryl/α,β-unsaturated/α-hetero) is 1. The number of hydrogen-bond donors (Lipinski definition) is 1. The molecule has 1 heterocycles. The van der Waals surface area contributed by atoms with E-state index in [1.54, 1.807) is 17.6 Å². The molecule has 0 saturated carbocycles. The van der Waals surface area contributed by atoms with Crippen LogP contribution in [-0.2, 0) is 16.1 Å². The number of aromatic nitrogens is 1. The topological polar surface area (TPSA) is 85.6 Å². The highest BCUT2D eigenvalue weighted by molar-refractivity contribution is 6.15. The van der Waals surface area contributed by atoms with E-state index in [0.29, 0.717) is 30.5 Å². The van der Waals surface area contributed by atoms with E-state index in [4.69, 9.17) is 4.74 Å². The standard InChI is InChI=1S/C33H41NO5/c1-3-5-6-7-8-9-10-11-12-17-29(35)31-27-15-13-14-16-28(27)34(32(31)33(37)38)24-26-20-18-25(19-21-26)22-23-30(36)39-4-2/h13-16,18-23H,3-12,17,24H2,1-2H3,(H,37,38). The van der Waals surface area contributed by atoms with Crippen molar-refractivity contribution < 1.29 is 24.2 Å². The Morgan fingerprint density at radius 1 is 0.846 bits per heavy atom. The second-order valence-electron chi connectivity index (χ2n) is 9.96. The molecule has 0 spiro atoms. The highest BCUT2D eigenvalue weighted by atomic mass is 16.5. The average molecular weight is 532 g/mol. The number of fused-ring (bicyclic) bond motifs is 1. The SMILES string of the molecule is CCCCCCCCCCCC(=O)c1c(C(=O)O)n(Cc2ccc(C=CC(=O)OCC)cc2)c2ccccc12. The van der Waals surface area contributed by atoms with Gasteiger partial charge in [-0.1, -0.05) is 101 Å². The summed E-state index contributed by atoms with van der Waals surface area (Å²) in [5, 5.41) is 10.9. The van der Waals surface area contributed by atoms with Crippen LogP contribution in [0.5, 0.6) is 0 Å². The number of hydrogen-bond acceptors (Lipinski definition) is 4. The summed E-state index contributed by atoms with van der Waals surface area (Å²) in [6.45, 7) is 4.61. The number of carboxylic acid groups (broad SMARTS) is 1. The first-order chi connectivity index (χ1) is 19.0. The van der Waals surface area contributed by atoms with E-state index in [1.165, 1.54) is 44.6 Å². The normalized spacial score (nSPS) is 11.3. The van der Waals surface area contributed by atoms with Gasteiger partial charge in [0.25, 0.3) is 0 Å². The number of para-hydroxylation sites is 1. The van der Waals surface area contributed by atoms with Crippen molar-refractivity contribution >= 4 is 34.7 Å². The van der Waals surface area contributed by atoms with Crippen LogP contribution in [0.4, 0.5) is 0 Å². The zero-order valence-electron chi connectivity index (χ0n) is 23.3. The van der Waals surface area contributed by atoms with Crippen LogP contribution in [0.2, 0.25) is 0 Å². The predicted molar refractivity (Wildman–Crippen MR) is 156 cm³/mol. The average Bonchev–Trinajstić information content (AvgIpc) is 3.26. The van der Waals surface area contributed by atoms with Gasteiger partial charge in [0.05, 0.1) is 12.2 Å². The summed E-state index contributed by atoms with van der Waals surface area (Å²) in [6, 6.07) is 14.9. The van der Waals surface area contributed by atoms with Crippen LogP contribution in [-0.4, -0.2) is 34.0 Å². The minimum atomic E-state index is -1.10. The summed E-state index contributed by atoms with van der Waals surface area (Å²) in [5.74, 6) is -1.61. The van der Waals surface area contributed by atoms with E-state index in [1.807, 2.05) is 48.5 Å². The third kappa shape index (κ3) is 8.67. The molecule has 0 fully saturated rings. The van der Waals surface area contributed by atoms with Gasteiger partial charge in [-0.2, -0.15) is 0 Å². The Labute approximate surface area is 231 Å². The lowest BCUT2D eigenvalue weighted by atomic mass is 10.0. The van der Waals surface area contributed by atoms with Crippen molar-refractivity contribution in [2.45, 2.75) is 84.6 Å². The largest absolute Gasteiger partial charge is 0.477 e. The van der Waals surface area contributed by atoms with Gasteiger partial charge in [-0.05, 0) is 36.6 Å². The number of benzene rings is 2. The lowest BCUT2D eigenvalue weighted by Crippen LogP contribution is -2.14. The van der Waals surface area contributed by atoms with Crippen molar-refractivity contribution in [1.29, 1.82) is 0 Å². The predicted octanol–water partition coefficient (Wildman–Crippen LogP) is 8.07. The lowest BCUT2D eigenvalue weighted by Gasteiger charge is -2.10. The molecule has 3 rings (SSSR count). The molecule has 39 heavy (non-hydrogen) atoms. The number of rotatable bonds is 17. The fourth-order valence-corrected chi connectivity index (χ4v) is 4.96. The zero-order valence-corrected chi connectivity index (χ0v) is 23.3. The molecule has 0 aliphatic carbocycles. The molecule has 6 nitrogen and oxygen atoms in total. The zero-order chi connectivity index (χ0) is 28.0. The summed E-state index contributed by atoms with van der Waals surface area (Å²) >= 11 is 0. The van der Waals surface area contributed by atoms with E-state index in [0.717, 1.165) is 35.9 Å². The molecular weight excluding hydrogens is 490 g/mol. The monoisotopic (exact) mass is 531 g/mol. The van der Waals surface area contributed by atoms with Crippen molar-refractivity contribution in [2.75, 3.05) is 6.61 Å². The quantitative estimate of drug-likeness (QED) is 0.0824. The van der Waals surface area contributed by atoms with E-state index < -0.39 is 11.9 Å². The van der Waals surface area contributed by atoms with Gasteiger partial charge in [-0.3, -0.25) is 4.79 Å². The Hall–Kier alpha value is -3.67. The number of carbonyl (C=O) groups is 3. The maximum atomic E-state index is 13.4. The van der Waals surface area contributed by atoms with Crippen molar-refractivity contribution in [2.24, 2.45) is 0 Å². The molecule has 0 saturated heterocycles. The molecule has 0 bridgehead atoms. The first kappa shape index (κ1) is 29.9. The van der Waals surface area contributed by atoms with Crippen molar-refractivity contribution in [3.05, 3.63) is 77.0 Å². The van der Waals surface area contributed by atoms with Crippen molar-refractivity contribution in [3.63, 3.8) is 0 Å². The van der Waals surface area contributed by atoms with Gasteiger partial charge in [0, 0.05) is 29.9 Å². The number of esters is 1. The van der Waals surface area contributed by atoms with E-state index in [2.05, 4.69) is 6.92 Å². The van der Waals surface area contributed by atoms with Gasteiger partial charge in [0.2, 0.25) is 0 Å². The summed E-state index contributed by atoms with van der Waals surface area (Å²) in [7, 11) is 0. The lowest BCUT2D eigenvalue weighted by molar-refractivity contribution is -0.137. The van der Waals surface area contributed by atoms with Crippen LogP contribution in [0.15, 0.2) is 54.6 Å². The third-order valence-corrected chi connectivity index (χ3v) is 6.98. The molecule has 2 aromatic carbocycles. The maximum absolute atomic E-state index is 13.4. The van der Waals surface area contributed by atoms with Crippen LogP contribution < -0.4 is 0 Å². The minimum absolute atomic E-state index is 0.0448. The molecule has 3 aromatic rings. The molecule has 0 unspecified atom stereocenters. The van der Waals surface area contributed by atoms with Gasteiger partial charge in [0.1, 0.15) is 5.69 Å². The molecule has 208 valence electrons. The van der Waals surface area contributed by atoms with Crippen LogP contribution in [0.1, 0.15) is 110 Å². The third-order valence-electron chi connectivity index (χ3n) is 6.98. The Balaban J connectivity index is 1.73. The second-order valence-corrected chi connectivity index (χ2v) is 9.96. The first-order valence-corrected chi connectivity index (χ1v) is 14.3. The van der Waals surface area contributed by atoms with Gasteiger partial charge < -0.3 is 14.4 Å². The molecule has 0 aliphatic heterocycles. The minimum Gasteiger partial charge on any atom is -0.477 e. The number of nitrogens with zero attached hydrogens (tertiary/aromatic N) is 1. The van der Waals surface area contributed by atoms with Crippen LogP contribution in [0.25, 0.3) is 17.0 Å². The summed E-state index contributed by atoms with van der Waals surface area (Å²) in [5.41, 5.74) is 2.82. The number of carboxylic acids is 1. The Morgan fingerprint density at radius 3 is 2.13 bits per heavy atom. The highest BCUT2D eigenvalue weighted by Gasteiger charge is 2.26. The first-order valence-electron chi connectivity index (χ1n) is 14.3. The molecule has 1 N–H and O–H groups in total. The molecular formula is C33H41NO5. The Morgan fingerprint density at radius 2 is 1.49 bits per heavy atom. The fourth-order valence-electron chi connectivity index (χ4n) is 4.96. The second kappa shape index (κ2) is 15.7. The smallest absolute Gasteiger partial charge is 0.353 e. The number of unbranched alkanes of at least 4 members (excludes halogenated alkanes) is 8. The van der Waals surface area contributed by atoms with Crippen molar-refractivity contribution in [1.82, 2.24) is 4.57 Å². The van der Waals surface area contributed by atoms with Gasteiger partial charge >= 0.3 is 11.9 Å². The van der Waals surface area contributed by atoms with Gasteiger partial charge in [0.15, 0.2) is 5.78 Å². The van der Waals surface area contributed by atoms with Crippen LogP contribution in [0.3, 0.4) is 0 Å². The summed E-state index contributed by atoms with van der Waals surface area (Å²) in [6.07, 6.45) is 13.8. The number of carbonyl (C=O) groups excluding carboxylic acids is 2. The molecule has 0 aliphatic rings. The van der Waals surface area contributed by atoms with Crippen molar-refractivity contribution in [3.8, 4) is 0 Å². The number of ketones is 1. The molecule has 0 atom stereocenters. The molecule has 1 aromatic heterocycles. The van der Waals surface area contributed by atoms with E-state index in [-0.39, 0.29) is 11.5 Å². The maximum Gasteiger partial charge on any atom is 0.353 e. The molecule has 0 radical (unpaired) electrons. The van der Waals surface area contributed by atoms with E-state index >= 15 is 0 Å². The number of ether oxygens (including phenoxy) is 1.